The van der Waals surface area contributed by atoms with Gasteiger partial charge in [-0.2, -0.15) is 0 Å². The van der Waals surface area contributed by atoms with Gasteiger partial charge in [-0.05, 0) is 38.0 Å². The van der Waals surface area contributed by atoms with Crippen LogP contribution in [0.3, 0.4) is 0 Å². The summed E-state index contributed by atoms with van der Waals surface area (Å²) in [6, 6.07) is 9.54. The number of rotatable bonds is 3. The van der Waals surface area contributed by atoms with Crippen molar-refractivity contribution in [1.82, 2.24) is 0 Å². The van der Waals surface area contributed by atoms with Crippen LogP contribution >= 0.6 is 0 Å². The summed E-state index contributed by atoms with van der Waals surface area (Å²) in [6.45, 7) is 4.29. The molecule has 1 aromatic carbocycles. The van der Waals surface area contributed by atoms with Crippen molar-refractivity contribution in [3.05, 3.63) is 29.8 Å². The zero-order valence-electron chi connectivity index (χ0n) is 8.83. The molecule has 1 aliphatic rings. The minimum atomic E-state index is 0.402. The van der Waals surface area contributed by atoms with E-state index in [1.54, 1.807) is 0 Å². The molecule has 0 spiro atoms. The number of hydrogen-bond acceptors (Lipinski definition) is 2. The van der Waals surface area contributed by atoms with Gasteiger partial charge in [0.15, 0.2) is 0 Å². The minimum absolute atomic E-state index is 0.402. The lowest BCUT2D eigenvalue weighted by Gasteiger charge is -2.10. The van der Waals surface area contributed by atoms with E-state index in [1.165, 1.54) is 11.3 Å². The molecule has 1 fully saturated rings. The second kappa shape index (κ2) is 3.62. The van der Waals surface area contributed by atoms with E-state index in [0.717, 1.165) is 6.42 Å². The molecule has 0 heterocycles. The quantitative estimate of drug-likeness (QED) is 0.767. The smallest absolute Gasteiger partial charge is 0.0342 e. The lowest BCUT2D eigenvalue weighted by Crippen LogP contribution is -2.09. The maximum Gasteiger partial charge on any atom is 0.0342 e. The summed E-state index contributed by atoms with van der Waals surface area (Å²) in [5.74, 6) is 0.614. The molecule has 1 saturated carbocycles. The van der Waals surface area contributed by atoms with Gasteiger partial charge in [0.05, 0.1) is 0 Å². The van der Waals surface area contributed by atoms with Gasteiger partial charge in [-0.15, -0.1) is 0 Å². The standard InChI is InChI=1S/C12H18N2/c1-8(2)14-10-5-3-9(4-6-10)11-7-12(11)13/h3-6,8,11-12,14H,7,13H2,1-2H3. The summed E-state index contributed by atoms with van der Waals surface area (Å²) in [4.78, 5) is 0. The van der Waals surface area contributed by atoms with Crippen LogP contribution in [-0.2, 0) is 0 Å². The zero-order valence-corrected chi connectivity index (χ0v) is 8.83. The molecule has 0 radical (unpaired) electrons. The van der Waals surface area contributed by atoms with E-state index in [2.05, 4.69) is 43.4 Å². The molecule has 2 heteroatoms. The SMILES string of the molecule is CC(C)Nc1ccc(C2CC2N)cc1. The minimum Gasteiger partial charge on any atom is -0.383 e. The number of benzene rings is 1. The molecular weight excluding hydrogens is 172 g/mol. The van der Waals surface area contributed by atoms with E-state index in [0.29, 0.717) is 18.0 Å². The van der Waals surface area contributed by atoms with Crippen LogP contribution in [0.4, 0.5) is 5.69 Å². The summed E-state index contributed by atoms with van der Waals surface area (Å²) < 4.78 is 0. The lowest BCUT2D eigenvalue weighted by atomic mass is 10.1. The van der Waals surface area contributed by atoms with Crippen molar-refractivity contribution >= 4 is 5.69 Å². The van der Waals surface area contributed by atoms with Crippen molar-refractivity contribution in [3.63, 3.8) is 0 Å². The van der Waals surface area contributed by atoms with Gasteiger partial charge in [0, 0.05) is 23.7 Å². The van der Waals surface area contributed by atoms with Crippen molar-refractivity contribution < 1.29 is 0 Å². The molecule has 0 aromatic heterocycles. The molecule has 0 amide bonds. The van der Waals surface area contributed by atoms with E-state index in [4.69, 9.17) is 5.73 Å². The molecule has 2 rings (SSSR count). The normalized spacial score (nSPS) is 25.1. The van der Waals surface area contributed by atoms with Crippen LogP contribution in [0.1, 0.15) is 31.7 Å². The largest absolute Gasteiger partial charge is 0.383 e. The van der Waals surface area contributed by atoms with Crippen LogP contribution in [0.25, 0.3) is 0 Å². The maximum absolute atomic E-state index is 5.80. The van der Waals surface area contributed by atoms with Crippen molar-refractivity contribution in [3.8, 4) is 0 Å². The van der Waals surface area contributed by atoms with Crippen LogP contribution < -0.4 is 11.1 Å². The number of anilines is 1. The number of hydrogen-bond donors (Lipinski definition) is 2. The average molecular weight is 190 g/mol. The molecular formula is C12H18N2. The van der Waals surface area contributed by atoms with Crippen molar-refractivity contribution in [1.29, 1.82) is 0 Å². The first-order valence-electron chi connectivity index (χ1n) is 5.29. The Morgan fingerprint density at radius 2 is 1.86 bits per heavy atom. The lowest BCUT2D eigenvalue weighted by molar-refractivity contribution is 0.899. The van der Waals surface area contributed by atoms with E-state index in [9.17, 15) is 0 Å². The van der Waals surface area contributed by atoms with Gasteiger partial charge in [-0.3, -0.25) is 0 Å². The zero-order chi connectivity index (χ0) is 10.1. The van der Waals surface area contributed by atoms with Crippen LogP contribution in [-0.4, -0.2) is 12.1 Å². The van der Waals surface area contributed by atoms with Gasteiger partial charge in [0.2, 0.25) is 0 Å². The second-order valence-electron chi connectivity index (χ2n) is 4.43. The molecule has 76 valence electrons. The Kier molecular flexibility index (Phi) is 2.46. The Morgan fingerprint density at radius 3 is 2.29 bits per heavy atom. The fourth-order valence-electron chi connectivity index (χ4n) is 1.76. The average Bonchev–Trinajstić information content (AvgIpc) is 2.83. The second-order valence-corrected chi connectivity index (χ2v) is 4.43. The molecule has 2 atom stereocenters. The first kappa shape index (κ1) is 9.53. The van der Waals surface area contributed by atoms with Crippen molar-refractivity contribution in [2.75, 3.05) is 5.32 Å². The highest BCUT2D eigenvalue weighted by Crippen LogP contribution is 2.39. The summed E-state index contributed by atoms with van der Waals surface area (Å²) in [6.07, 6.45) is 1.15. The third-order valence-corrected chi connectivity index (χ3v) is 2.63. The summed E-state index contributed by atoms with van der Waals surface area (Å²) in [7, 11) is 0. The van der Waals surface area contributed by atoms with Gasteiger partial charge >= 0.3 is 0 Å². The molecule has 1 aromatic rings. The number of nitrogens with two attached hydrogens (primary N) is 1. The highest BCUT2D eigenvalue weighted by molar-refractivity contribution is 5.46. The van der Waals surface area contributed by atoms with Gasteiger partial charge in [-0.25, -0.2) is 0 Å². The molecule has 1 aliphatic carbocycles. The highest BCUT2D eigenvalue weighted by atomic mass is 14.9. The van der Waals surface area contributed by atoms with Crippen LogP contribution in [0, 0.1) is 0 Å². The van der Waals surface area contributed by atoms with E-state index in [1.807, 2.05) is 0 Å². The van der Waals surface area contributed by atoms with Crippen molar-refractivity contribution in [2.45, 2.75) is 38.3 Å². The van der Waals surface area contributed by atoms with Gasteiger partial charge in [-0.1, -0.05) is 12.1 Å². The van der Waals surface area contributed by atoms with Crippen LogP contribution in [0.2, 0.25) is 0 Å². The highest BCUT2D eigenvalue weighted by Gasteiger charge is 2.34. The Morgan fingerprint density at radius 1 is 1.29 bits per heavy atom. The maximum atomic E-state index is 5.80. The Hall–Kier alpha value is -1.02. The Labute approximate surface area is 85.5 Å². The van der Waals surface area contributed by atoms with Gasteiger partial charge in [0.25, 0.3) is 0 Å². The molecule has 0 aliphatic heterocycles. The third-order valence-electron chi connectivity index (χ3n) is 2.63. The van der Waals surface area contributed by atoms with Crippen LogP contribution in [0.15, 0.2) is 24.3 Å². The predicted octanol–water partition coefficient (Wildman–Crippen LogP) is 2.32. The van der Waals surface area contributed by atoms with Crippen molar-refractivity contribution in [2.24, 2.45) is 5.73 Å². The monoisotopic (exact) mass is 190 g/mol. The molecule has 14 heavy (non-hydrogen) atoms. The summed E-state index contributed by atoms with van der Waals surface area (Å²) in [5.41, 5.74) is 8.38. The first-order chi connectivity index (χ1) is 6.66. The molecule has 3 N–H and O–H groups in total. The molecule has 0 saturated heterocycles. The summed E-state index contributed by atoms with van der Waals surface area (Å²) in [5, 5.41) is 3.37. The van der Waals surface area contributed by atoms with E-state index in [-0.39, 0.29) is 0 Å². The fourth-order valence-corrected chi connectivity index (χ4v) is 1.76. The predicted molar refractivity (Wildman–Crippen MR) is 60.5 cm³/mol. The Balaban J connectivity index is 2.03. The van der Waals surface area contributed by atoms with E-state index >= 15 is 0 Å². The number of nitrogens with one attached hydrogen (secondary N) is 1. The third kappa shape index (κ3) is 2.07. The fraction of sp³-hybridized carbons (Fsp3) is 0.500. The molecule has 2 nitrogen and oxygen atoms in total. The molecule has 2 unspecified atom stereocenters. The first-order valence-corrected chi connectivity index (χ1v) is 5.29. The van der Waals surface area contributed by atoms with Gasteiger partial charge in [0.1, 0.15) is 0 Å². The van der Waals surface area contributed by atoms with Gasteiger partial charge < -0.3 is 11.1 Å². The Bertz CT molecular complexity index is 303. The van der Waals surface area contributed by atoms with Crippen LogP contribution in [0.5, 0.6) is 0 Å². The van der Waals surface area contributed by atoms with E-state index < -0.39 is 0 Å². The summed E-state index contributed by atoms with van der Waals surface area (Å²) >= 11 is 0. The topological polar surface area (TPSA) is 38.0 Å². The molecule has 0 bridgehead atoms.